The molecule has 0 bridgehead atoms. The van der Waals surface area contributed by atoms with Crippen LogP contribution in [0.4, 0.5) is 11.4 Å². The Labute approximate surface area is 325 Å². The summed E-state index contributed by atoms with van der Waals surface area (Å²) >= 11 is 6.01. The summed E-state index contributed by atoms with van der Waals surface area (Å²) in [7, 11) is 2.40. The van der Waals surface area contributed by atoms with E-state index in [-0.39, 0.29) is 54.8 Å². The van der Waals surface area contributed by atoms with Crippen LogP contribution < -0.4 is 18.9 Å². The van der Waals surface area contributed by atoms with Crippen LogP contribution in [0.3, 0.4) is 0 Å². The third-order valence-corrected chi connectivity index (χ3v) is 9.38. The van der Waals surface area contributed by atoms with E-state index in [2.05, 4.69) is 6.58 Å². The molecular formula is C38H39ClN4O13. The van der Waals surface area contributed by atoms with Crippen LogP contribution in [-0.4, -0.2) is 96.3 Å². The molecule has 0 radical (unpaired) electrons. The number of rotatable bonds is 17. The fraction of sp³-hybridized carbons (Fsp3) is 0.368. The van der Waals surface area contributed by atoms with E-state index >= 15 is 0 Å². The van der Waals surface area contributed by atoms with E-state index in [1.54, 1.807) is 24.3 Å². The van der Waals surface area contributed by atoms with Crippen LogP contribution in [0.5, 0.6) is 23.0 Å². The number of amides is 2. The van der Waals surface area contributed by atoms with Crippen LogP contribution in [0.2, 0.25) is 5.02 Å². The number of methoxy groups -OCH3 is 2. The van der Waals surface area contributed by atoms with Gasteiger partial charge < -0.3 is 33.5 Å². The van der Waals surface area contributed by atoms with Gasteiger partial charge in [-0.05, 0) is 43.4 Å². The minimum absolute atomic E-state index is 0.00307. The Balaban J connectivity index is 1.23. The van der Waals surface area contributed by atoms with Crippen molar-refractivity contribution in [3.63, 3.8) is 0 Å². The van der Waals surface area contributed by atoms with Crippen LogP contribution in [0.1, 0.15) is 58.4 Å². The molecule has 2 saturated heterocycles. The molecule has 2 aliphatic rings. The average molecular weight is 795 g/mol. The molecular weight excluding hydrogens is 756 g/mol. The van der Waals surface area contributed by atoms with Gasteiger partial charge in [0.2, 0.25) is 0 Å². The summed E-state index contributed by atoms with van der Waals surface area (Å²) in [5.41, 5.74) is 0.0536. The van der Waals surface area contributed by atoms with Crippen molar-refractivity contribution in [2.24, 2.45) is 0 Å². The molecule has 2 heterocycles. The normalized spacial score (nSPS) is 15.1. The van der Waals surface area contributed by atoms with Crippen LogP contribution >= 0.6 is 11.6 Å². The summed E-state index contributed by atoms with van der Waals surface area (Å²) in [6.45, 7) is 4.47. The molecule has 5 rings (SSSR count). The molecule has 3 aromatic carbocycles. The number of ketones is 1. The number of hydrogen-bond donors (Lipinski definition) is 0. The molecule has 2 amide bonds. The Morgan fingerprint density at radius 2 is 1.39 bits per heavy atom. The molecule has 2 aliphatic heterocycles. The number of halogens is 1. The van der Waals surface area contributed by atoms with Crippen LogP contribution in [-0.2, 0) is 20.9 Å². The summed E-state index contributed by atoms with van der Waals surface area (Å²) in [5.74, 6) is -2.41. The highest BCUT2D eigenvalue weighted by Crippen LogP contribution is 2.38. The molecule has 0 N–H and O–H groups in total. The van der Waals surface area contributed by atoms with Crippen molar-refractivity contribution in [1.82, 2.24) is 9.80 Å². The van der Waals surface area contributed by atoms with Crippen LogP contribution in [0.25, 0.3) is 0 Å². The van der Waals surface area contributed by atoms with Crippen molar-refractivity contribution < 1.29 is 52.7 Å². The van der Waals surface area contributed by atoms with E-state index in [1.165, 1.54) is 24.1 Å². The molecule has 0 saturated carbocycles. The van der Waals surface area contributed by atoms with E-state index in [0.717, 1.165) is 35.3 Å². The maximum Gasteiger partial charge on any atom is 0.329 e. The lowest BCUT2D eigenvalue weighted by molar-refractivity contribution is -0.385. The maximum absolute atomic E-state index is 13.4. The number of carbonyl (C=O) groups excluding carboxylic acids is 4. The van der Waals surface area contributed by atoms with Crippen molar-refractivity contribution in [3.8, 4) is 23.0 Å². The zero-order chi connectivity index (χ0) is 40.5. The Morgan fingerprint density at radius 3 is 1.95 bits per heavy atom. The number of likely N-dealkylation sites (tertiary alicyclic amines) is 2. The van der Waals surface area contributed by atoms with Gasteiger partial charge in [-0.25, -0.2) is 4.79 Å². The van der Waals surface area contributed by atoms with Gasteiger partial charge in [0.05, 0.1) is 56.0 Å². The first-order chi connectivity index (χ1) is 26.8. The van der Waals surface area contributed by atoms with Gasteiger partial charge >= 0.3 is 5.97 Å². The standard InChI is InChI=1S/C38H39ClN4O13/c1-23-11-12-40(20-23)36(45)27-17-33(56-22-24-7-9-25(39)10-8-24)35(19-29(27)42(48)49)55-14-6-4-5-13-54-34-18-30(43(50)51)28(16-32(34)52-2)37(46)41-21-26(44)15-31(41)38(47)53-3/h7-10,16-19,31H,1,4-6,11-15,20-22H2,2-3H3. The topological polar surface area (TPSA) is 207 Å². The summed E-state index contributed by atoms with van der Waals surface area (Å²) in [4.78, 5) is 76.2. The summed E-state index contributed by atoms with van der Waals surface area (Å²) in [6.07, 6.45) is 1.79. The van der Waals surface area contributed by atoms with Gasteiger partial charge in [-0.3, -0.25) is 34.6 Å². The second-order valence-corrected chi connectivity index (χ2v) is 13.4. The Hall–Kier alpha value is -6.23. The zero-order valence-corrected chi connectivity index (χ0v) is 31.4. The minimum Gasteiger partial charge on any atom is -0.493 e. The van der Waals surface area contributed by atoms with Crippen LogP contribution in [0.15, 0.2) is 60.7 Å². The van der Waals surface area contributed by atoms with E-state index in [1.807, 2.05) is 0 Å². The number of nitro benzene ring substituents is 2. The number of unbranched alkanes of at least 4 members (excludes halogenated alkanes) is 2. The molecule has 17 nitrogen and oxygen atoms in total. The Kier molecular flexibility index (Phi) is 13.5. The number of esters is 1. The predicted octanol–water partition coefficient (Wildman–Crippen LogP) is 5.73. The molecule has 1 unspecified atom stereocenters. The van der Waals surface area contributed by atoms with E-state index in [9.17, 15) is 39.4 Å². The highest BCUT2D eigenvalue weighted by Gasteiger charge is 2.42. The van der Waals surface area contributed by atoms with Crippen molar-refractivity contribution in [1.29, 1.82) is 0 Å². The minimum atomic E-state index is -1.21. The Morgan fingerprint density at radius 1 is 0.821 bits per heavy atom. The third-order valence-electron chi connectivity index (χ3n) is 9.12. The van der Waals surface area contributed by atoms with Gasteiger partial charge in [-0.2, -0.15) is 0 Å². The monoisotopic (exact) mass is 794 g/mol. The average Bonchev–Trinajstić information content (AvgIpc) is 3.81. The van der Waals surface area contributed by atoms with Crippen molar-refractivity contribution in [2.45, 2.75) is 44.8 Å². The van der Waals surface area contributed by atoms with Gasteiger partial charge in [0.15, 0.2) is 28.8 Å². The fourth-order valence-electron chi connectivity index (χ4n) is 6.20. The highest BCUT2D eigenvalue weighted by atomic mass is 35.5. The molecule has 0 aromatic heterocycles. The van der Waals surface area contributed by atoms with Gasteiger partial charge in [0, 0.05) is 36.7 Å². The number of carbonyl (C=O) groups is 4. The van der Waals surface area contributed by atoms with Gasteiger partial charge in [-0.1, -0.05) is 35.9 Å². The fourth-order valence-corrected chi connectivity index (χ4v) is 6.32. The van der Waals surface area contributed by atoms with E-state index in [4.69, 9.17) is 35.3 Å². The van der Waals surface area contributed by atoms with Crippen molar-refractivity contribution >= 4 is 46.5 Å². The lowest BCUT2D eigenvalue weighted by Crippen LogP contribution is -2.41. The maximum atomic E-state index is 13.4. The largest absolute Gasteiger partial charge is 0.493 e. The second-order valence-electron chi connectivity index (χ2n) is 13.0. The molecule has 0 spiro atoms. The van der Waals surface area contributed by atoms with E-state index < -0.39 is 62.9 Å². The second kappa shape index (κ2) is 18.4. The first-order valence-electron chi connectivity index (χ1n) is 17.5. The first-order valence-corrected chi connectivity index (χ1v) is 17.9. The molecule has 0 aliphatic carbocycles. The number of ether oxygens (including phenoxy) is 5. The van der Waals surface area contributed by atoms with Gasteiger partial charge in [0.1, 0.15) is 23.8 Å². The lowest BCUT2D eigenvalue weighted by Gasteiger charge is -2.22. The quantitative estimate of drug-likeness (QED) is 0.0527. The molecule has 3 aromatic rings. The summed E-state index contributed by atoms with van der Waals surface area (Å²) < 4.78 is 27.8. The SMILES string of the molecule is C=C1CCN(C(=O)c2cc(OCc3ccc(Cl)cc3)c(OCCCCCOc3cc([N+](=O)[O-])c(C(=O)N4CC(=O)CC4C(=O)OC)cc3OC)cc2[N+](=O)[O-])C1. The number of Topliss-reactive ketones (excluding diaryl/α,β-unsaturated/α-hetero) is 1. The lowest BCUT2D eigenvalue weighted by atomic mass is 10.1. The Bertz CT molecular complexity index is 2040. The number of benzene rings is 3. The summed E-state index contributed by atoms with van der Waals surface area (Å²) in [6, 6.07) is 10.4. The summed E-state index contributed by atoms with van der Waals surface area (Å²) in [5, 5.41) is 24.7. The number of nitro groups is 2. The first kappa shape index (κ1) is 40.9. The number of hydrogen-bond acceptors (Lipinski definition) is 13. The zero-order valence-electron chi connectivity index (χ0n) is 30.7. The van der Waals surface area contributed by atoms with Crippen molar-refractivity contribution in [3.05, 3.63) is 103 Å². The third kappa shape index (κ3) is 9.70. The highest BCUT2D eigenvalue weighted by molar-refractivity contribution is 6.30. The molecule has 18 heteroatoms. The van der Waals surface area contributed by atoms with Gasteiger partial charge in [-0.15, -0.1) is 0 Å². The van der Waals surface area contributed by atoms with Crippen molar-refractivity contribution in [2.75, 3.05) is 47.1 Å². The molecule has 296 valence electrons. The smallest absolute Gasteiger partial charge is 0.329 e. The number of nitrogens with zero attached hydrogens (tertiary/aromatic N) is 4. The molecule has 56 heavy (non-hydrogen) atoms. The predicted molar refractivity (Wildman–Crippen MR) is 199 cm³/mol. The molecule has 2 fully saturated rings. The van der Waals surface area contributed by atoms with Gasteiger partial charge in [0.25, 0.3) is 23.2 Å². The molecule has 1 atom stereocenters. The van der Waals surface area contributed by atoms with E-state index in [0.29, 0.717) is 43.8 Å². The van der Waals surface area contributed by atoms with Crippen LogP contribution in [0, 0.1) is 20.2 Å².